The van der Waals surface area contributed by atoms with Gasteiger partial charge in [0.1, 0.15) is 11.3 Å². The standard InChI is InChI=1S/C16H16N2O3S/c1-4-7-18-15(20)13(14(19)17-16(18)22)9-11-5-6-12(21-3)8-10(11)2/h4-6,8-9H,1,7H2,2-3H3,(H,17,19,22)/b13-9+. The van der Waals surface area contributed by atoms with E-state index >= 15 is 0 Å². The summed E-state index contributed by atoms with van der Waals surface area (Å²) in [4.78, 5) is 25.8. The van der Waals surface area contributed by atoms with Crippen molar-refractivity contribution in [2.45, 2.75) is 6.92 Å². The van der Waals surface area contributed by atoms with Crippen LogP contribution in [0.25, 0.3) is 6.08 Å². The molecule has 0 spiro atoms. The van der Waals surface area contributed by atoms with Crippen molar-refractivity contribution >= 4 is 35.2 Å². The summed E-state index contributed by atoms with van der Waals surface area (Å²) in [5.41, 5.74) is 1.71. The topological polar surface area (TPSA) is 58.6 Å². The Morgan fingerprint density at radius 3 is 2.73 bits per heavy atom. The Balaban J connectivity index is 2.40. The first kappa shape index (κ1) is 15.9. The first-order valence-corrected chi connectivity index (χ1v) is 7.03. The van der Waals surface area contributed by atoms with Gasteiger partial charge < -0.3 is 4.74 Å². The van der Waals surface area contributed by atoms with Crippen LogP contribution in [0.15, 0.2) is 36.4 Å². The molecule has 1 aliphatic rings. The third-order valence-electron chi connectivity index (χ3n) is 3.27. The molecule has 1 saturated heterocycles. The first-order chi connectivity index (χ1) is 10.5. The predicted octanol–water partition coefficient (Wildman–Crippen LogP) is 1.82. The lowest BCUT2D eigenvalue weighted by atomic mass is 10.0. The fourth-order valence-corrected chi connectivity index (χ4v) is 2.33. The number of ether oxygens (including phenoxy) is 1. The molecule has 1 heterocycles. The molecular weight excluding hydrogens is 300 g/mol. The van der Waals surface area contributed by atoms with Crippen LogP contribution in [0, 0.1) is 6.92 Å². The van der Waals surface area contributed by atoms with E-state index < -0.39 is 11.8 Å². The normalized spacial score (nSPS) is 16.7. The van der Waals surface area contributed by atoms with Crippen molar-refractivity contribution in [2.24, 2.45) is 0 Å². The van der Waals surface area contributed by atoms with Crippen molar-refractivity contribution in [3.8, 4) is 5.75 Å². The Kier molecular flexibility index (Phi) is 4.72. The molecule has 6 heteroatoms. The van der Waals surface area contributed by atoms with Crippen LogP contribution < -0.4 is 10.1 Å². The second-order valence-electron chi connectivity index (χ2n) is 4.74. The number of rotatable bonds is 4. The van der Waals surface area contributed by atoms with Crippen molar-refractivity contribution in [2.75, 3.05) is 13.7 Å². The van der Waals surface area contributed by atoms with Crippen molar-refractivity contribution in [3.05, 3.63) is 47.6 Å². The van der Waals surface area contributed by atoms with Gasteiger partial charge in [-0.3, -0.25) is 19.8 Å². The number of nitrogens with one attached hydrogen (secondary N) is 1. The van der Waals surface area contributed by atoms with Crippen molar-refractivity contribution < 1.29 is 14.3 Å². The fourth-order valence-electron chi connectivity index (χ4n) is 2.08. The van der Waals surface area contributed by atoms with Crippen LogP contribution in [-0.4, -0.2) is 35.5 Å². The molecule has 2 rings (SSSR count). The Morgan fingerprint density at radius 2 is 2.14 bits per heavy atom. The smallest absolute Gasteiger partial charge is 0.265 e. The van der Waals surface area contributed by atoms with Gasteiger partial charge in [-0.25, -0.2) is 0 Å². The summed E-state index contributed by atoms with van der Waals surface area (Å²) in [6.07, 6.45) is 3.11. The van der Waals surface area contributed by atoms with Crippen LogP contribution in [0.3, 0.4) is 0 Å². The summed E-state index contributed by atoms with van der Waals surface area (Å²) in [5, 5.41) is 2.61. The van der Waals surface area contributed by atoms with E-state index in [1.165, 1.54) is 4.90 Å². The summed E-state index contributed by atoms with van der Waals surface area (Å²) in [5.74, 6) is -0.206. The first-order valence-electron chi connectivity index (χ1n) is 6.62. The van der Waals surface area contributed by atoms with Gasteiger partial charge in [0.25, 0.3) is 11.8 Å². The lowest BCUT2D eigenvalue weighted by Gasteiger charge is -2.27. The zero-order valence-electron chi connectivity index (χ0n) is 12.4. The molecule has 0 aliphatic carbocycles. The fraction of sp³-hybridized carbons (Fsp3) is 0.188. The second-order valence-corrected chi connectivity index (χ2v) is 5.13. The van der Waals surface area contributed by atoms with Gasteiger partial charge in [0.05, 0.1) is 7.11 Å². The highest BCUT2D eigenvalue weighted by molar-refractivity contribution is 7.80. The maximum absolute atomic E-state index is 12.4. The van der Waals surface area contributed by atoms with E-state index in [0.717, 1.165) is 11.1 Å². The van der Waals surface area contributed by atoms with Gasteiger partial charge in [0.15, 0.2) is 5.11 Å². The van der Waals surface area contributed by atoms with Gasteiger partial charge in [-0.2, -0.15) is 0 Å². The van der Waals surface area contributed by atoms with Crippen molar-refractivity contribution in [1.29, 1.82) is 0 Å². The lowest BCUT2D eigenvalue weighted by Crippen LogP contribution is -2.53. The molecule has 0 saturated carbocycles. The molecule has 1 aromatic rings. The minimum Gasteiger partial charge on any atom is -0.497 e. The summed E-state index contributed by atoms with van der Waals surface area (Å²) in [7, 11) is 1.58. The number of thiocarbonyl (C=S) groups is 1. The van der Waals surface area contributed by atoms with Crippen LogP contribution in [0.1, 0.15) is 11.1 Å². The SMILES string of the molecule is C=CCN1C(=O)/C(=C/c2ccc(OC)cc2C)C(=O)NC1=S. The van der Waals surface area contributed by atoms with Crippen LogP contribution >= 0.6 is 12.2 Å². The van der Waals surface area contributed by atoms with E-state index in [4.69, 9.17) is 17.0 Å². The number of hydrogen-bond acceptors (Lipinski definition) is 4. The molecule has 1 aliphatic heterocycles. The minimum atomic E-state index is -0.495. The average Bonchev–Trinajstić information content (AvgIpc) is 2.49. The van der Waals surface area contributed by atoms with Crippen LogP contribution in [0.2, 0.25) is 0 Å². The van der Waals surface area contributed by atoms with Gasteiger partial charge in [0.2, 0.25) is 0 Å². The van der Waals surface area contributed by atoms with Crippen molar-refractivity contribution in [1.82, 2.24) is 10.2 Å². The van der Waals surface area contributed by atoms with E-state index in [9.17, 15) is 9.59 Å². The molecule has 5 nitrogen and oxygen atoms in total. The van der Waals surface area contributed by atoms with Gasteiger partial charge in [-0.1, -0.05) is 12.1 Å². The average molecular weight is 316 g/mol. The zero-order valence-corrected chi connectivity index (χ0v) is 13.2. The number of methoxy groups -OCH3 is 1. The number of nitrogens with zero attached hydrogens (tertiary/aromatic N) is 1. The molecule has 0 radical (unpaired) electrons. The minimum absolute atomic E-state index is 0.0451. The molecule has 0 bridgehead atoms. The Morgan fingerprint density at radius 1 is 1.41 bits per heavy atom. The molecular formula is C16H16N2O3S. The van der Waals surface area contributed by atoms with E-state index in [1.54, 1.807) is 31.4 Å². The summed E-state index contributed by atoms with van der Waals surface area (Å²) >= 11 is 5.00. The Hall–Kier alpha value is -2.47. The summed E-state index contributed by atoms with van der Waals surface area (Å²) in [6, 6.07) is 5.41. The molecule has 114 valence electrons. The van der Waals surface area contributed by atoms with Gasteiger partial charge in [-0.15, -0.1) is 6.58 Å². The summed E-state index contributed by atoms with van der Waals surface area (Å²) in [6.45, 7) is 5.71. The lowest BCUT2D eigenvalue weighted by molar-refractivity contribution is -0.128. The number of amides is 2. The van der Waals surface area contributed by atoms with Gasteiger partial charge >= 0.3 is 0 Å². The Labute approximate surface area is 134 Å². The number of benzene rings is 1. The van der Waals surface area contributed by atoms with Gasteiger partial charge in [-0.05, 0) is 48.5 Å². The third kappa shape index (κ3) is 3.07. The van der Waals surface area contributed by atoms with E-state index in [1.807, 2.05) is 13.0 Å². The number of aryl methyl sites for hydroxylation is 1. The number of carbonyl (C=O) groups is 2. The summed E-state index contributed by atoms with van der Waals surface area (Å²) < 4.78 is 5.14. The molecule has 1 fully saturated rings. The van der Waals surface area contributed by atoms with Crippen LogP contribution in [0.5, 0.6) is 5.75 Å². The van der Waals surface area contributed by atoms with E-state index in [0.29, 0.717) is 5.75 Å². The molecule has 22 heavy (non-hydrogen) atoms. The van der Waals surface area contributed by atoms with E-state index in [2.05, 4.69) is 11.9 Å². The molecule has 2 amide bonds. The van der Waals surface area contributed by atoms with Crippen LogP contribution in [-0.2, 0) is 9.59 Å². The highest BCUT2D eigenvalue weighted by Crippen LogP contribution is 2.21. The largest absolute Gasteiger partial charge is 0.497 e. The number of hydrogen-bond donors (Lipinski definition) is 1. The third-order valence-corrected chi connectivity index (χ3v) is 3.60. The molecule has 1 N–H and O–H groups in total. The zero-order chi connectivity index (χ0) is 16.3. The maximum atomic E-state index is 12.4. The predicted molar refractivity (Wildman–Crippen MR) is 88.4 cm³/mol. The maximum Gasteiger partial charge on any atom is 0.265 e. The monoisotopic (exact) mass is 316 g/mol. The van der Waals surface area contributed by atoms with Crippen molar-refractivity contribution in [3.63, 3.8) is 0 Å². The molecule has 0 atom stereocenters. The molecule has 1 aromatic carbocycles. The molecule has 0 aromatic heterocycles. The molecule has 0 unspecified atom stereocenters. The second kappa shape index (κ2) is 6.53. The van der Waals surface area contributed by atoms with Crippen LogP contribution in [0.4, 0.5) is 0 Å². The number of carbonyl (C=O) groups excluding carboxylic acids is 2. The van der Waals surface area contributed by atoms with Gasteiger partial charge in [0, 0.05) is 6.54 Å². The highest BCUT2D eigenvalue weighted by Gasteiger charge is 2.32. The Bertz CT molecular complexity index is 695. The highest BCUT2D eigenvalue weighted by atomic mass is 32.1. The quantitative estimate of drug-likeness (QED) is 0.398. The van der Waals surface area contributed by atoms with E-state index in [-0.39, 0.29) is 17.2 Å².